The molecule has 6 heteroatoms. The van der Waals surface area contributed by atoms with E-state index in [-0.39, 0.29) is 5.91 Å². The van der Waals surface area contributed by atoms with Crippen LogP contribution in [-0.2, 0) is 17.9 Å². The summed E-state index contributed by atoms with van der Waals surface area (Å²) in [6.07, 6.45) is 2.18. The zero-order valence-electron chi connectivity index (χ0n) is 13.1. The van der Waals surface area contributed by atoms with Crippen LogP contribution >= 0.6 is 0 Å². The van der Waals surface area contributed by atoms with Crippen LogP contribution in [0.2, 0.25) is 0 Å². The number of hydrogen-bond donors (Lipinski definition) is 2. The maximum Gasteiger partial charge on any atom is 0.222 e. The number of aromatic amines is 1. The summed E-state index contributed by atoms with van der Waals surface area (Å²) in [5.41, 5.74) is 3.88. The summed E-state index contributed by atoms with van der Waals surface area (Å²) >= 11 is 0. The Hall–Kier alpha value is -3.15. The molecule has 2 N–H and O–H groups in total. The van der Waals surface area contributed by atoms with Crippen molar-refractivity contribution < 1.29 is 4.79 Å². The molecule has 6 nitrogen and oxygen atoms in total. The molecule has 0 unspecified atom stereocenters. The topological polar surface area (TPSA) is 75.6 Å². The summed E-state index contributed by atoms with van der Waals surface area (Å²) in [6, 6.07) is 15.7. The highest BCUT2D eigenvalue weighted by Crippen LogP contribution is 2.12. The maximum absolute atomic E-state index is 12.1. The van der Waals surface area contributed by atoms with Crippen LogP contribution in [0.5, 0.6) is 0 Å². The molecule has 2 heterocycles. The van der Waals surface area contributed by atoms with Gasteiger partial charge in [0.15, 0.2) is 0 Å². The first kappa shape index (κ1) is 14.4. The van der Waals surface area contributed by atoms with Crippen molar-refractivity contribution in [1.29, 1.82) is 0 Å². The molecule has 4 aromatic rings. The lowest BCUT2D eigenvalue weighted by Crippen LogP contribution is -2.24. The second-order valence-electron chi connectivity index (χ2n) is 5.65. The zero-order valence-corrected chi connectivity index (χ0v) is 13.1. The molecule has 0 saturated carbocycles. The summed E-state index contributed by atoms with van der Waals surface area (Å²) in [5, 5.41) is 2.90. The van der Waals surface area contributed by atoms with Gasteiger partial charge in [0.2, 0.25) is 5.91 Å². The van der Waals surface area contributed by atoms with Gasteiger partial charge < -0.3 is 14.9 Å². The van der Waals surface area contributed by atoms with E-state index >= 15 is 0 Å². The number of H-pyrrole nitrogens is 1. The number of rotatable bonds is 5. The number of nitrogens with zero attached hydrogens (tertiary/aromatic N) is 3. The van der Waals surface area contributed by atoms with Crippen LogP contribution in [0.15, 0.2) is 54.9 Å². The van der Waals surface area contributed by atoms with Crippen LogP contribution in [0.1, 0.15) is 12.2 Å². The van der Waals surface area contributed by atoms with Crippen molar-refractivity contribution in [2.45, 2.75) is 19.5 Å². The van der Waals surface area contributed by atoms with Crippen molar-refractivity contribution >= 4 is 28.0 Å². The highest BCUT2D eigenvalue weighted by molar-refractivity contribution is 5.78. The molecule has 0 aliphatic rings. The number of aromatic nitrogens is 4. The van der Waals surface area contributed by atoms with Crippen molar-refractivity contribution in [2.75, 3.05) is 0 Å². The Morgan fingerprint density at radius 3 is 2.75 bits per heavy atom. The fourth-order valence-electron chi connectivity index (χ4n) is 2.77. The van der Waals surface area contributed by atoms with Gasteiger partial charge in [0, 0.05) is 13.0 Å². The van der Waals surface area contributed by atoms with Gasteiger partial charge in [-0.05, 0) is 24.3 Å². The Morgan fingerprint density at radius 1 is 1.08 bits per heavy atom. The first-order chi connectivity index (χ1) is 11.8. The predicted molar refractivity (Wildman–Crippen MR) is 92.3 cm³/mol. The number of aryl methyl sites for hydroxylation is 1. The van der Waals surface area contributed by atoms with Crippen LogP contribution in [0.4, 0.5) is 0 Å². The Balaban J connectivity index is 1.35. The first-order valence-corrected chi connectivity index (χ1v) is 7.90. The number of hydrogen-bond acceptors (Lipinski definition) is 3. The van der Waals surface area contributed by atoms with E-state index in [1.54, 1.807) is 6.33 Å². The van der Waals surface area contributed by atoms with E-state index in [1.165, 1.54) is 0 Å². The molecule has 0 aliphatic heterocycles. The van der Waals surface area contributed by atoms with Crippen LogP contribution in [-0.4, -0.2) is 25.4 Å². The molecular formula is C18H17N5O. The second-order valence-corrected chi connectivity index (χ2v) is 5.65. The van der Waals surface area contributed by atoms with E-state index in [1.807, 2.05) is 53.1 Å². The lowest BCUT2D eigenvalue weighted by molar-refractivity contribution is -0.121. The fourth-order valence-corrected chi connectivity index (χ4v) is 2.77. The smallest absolute Gasteiger partial charge is 0.222 e. The number of para-hydroxylation sites is 4. The third-order valence-electron chi connectivity index (χ3n) is 4.00. The molecule has 4 rings (SSSR count). The summed E-state index contributed by atoms with van der Waals surface area (Å²) in [4.78, 5) is 24.1. The highest BCUT2D eigenvalue weighted by Gasteiger charge is 2.07. The van der Waals surface area contributed by atoms with Gasteiger partial charge >= 0.3 is 0 Å². The molecule has 2 aromatic carbocycles. The van der Waals surface area contributed by atoms with Crippen molar-refractivity contribution in [3.8, 4) is 0 Å². The van der Waals surface area contributed by atoms with Crippen LogP contribution in [0.25, 0.3) is 22.1 Å². The quantitative estimate of drug-likeness (QED) is 0.594. The van der Waals surface area contributed by atoms with Gasteiger partial charge in [-0.15, -0.1) is 0 Å². The lowest BCUT2D eigenvalue weighted by atomic mass is 10.3. The van der Waals surface area contributed by atoms with Gasteiger partial charge in [-0.2, -0.15) is 0 Å². The van der Waals surface area contributed by atoms with Crippen molar-refractivity contribution in [2.24, 2.45) is 0 Å². The van der Waals surface area contributed by atoms with E-state index in [4.69, 9.17) is 0 Å². The molecule has 120 valence electrons. The highest BCUT2D eigenvalue weighted by atomic mass is 16.1. The Kier molecular flexibility index (Phi) is 3.70. The summed E-state index contributed by atoms with van der Waals surface area (Å²) < 4.78 is 2.00. The summed E-state index contributed by atoms with van der Waals surface area (Å²) in [6.45, 7) is 1.00. The van der Waals surface area contributed by atoms with Crippen LogP contribution in [0.3, 0.4) is 0 Å². The van der Waals surface area contributed by atoms with Crippen LogP contribution < -0.4 is 5.32 Å². The summed E-state index contributed by atoms with van der Waals surface area (Å²) in [5.74, 6) is 0.755. The van der Waals surface area contributed by atoms with Crippen molar-refractivity contribution in [3.63, 3.8) is 0 Å². The van der Waals surface area contributed by atoms with Gasteiger partial charge in [0.1, 0.15) is 5.82 Å². The molecule has 0 aliphatic carbocycles. The van der Waals surface area contributed by atoms with Gasteiger partial charge in [-0.1, -0.05) is 24.3 Å². The number of nitrogens with one attached hydrogen (secondary N) is 2. The predicted octanol–water partition coefficient (Wildman–Crippen LogP) is 2.62. The number of benzene rings is 2. The average molecular weight is 319 g/mol. The Bertz CT molecular complexity index is 968. The van der Waals surface area contributed by atoms with E-state index in [9.17, 15) is 4.79 Å². The molecule has 0 saturated heterocycles. The van der Waals surface area contributed by atoms with Gasteiger partial charge in [0.05, 0.1) is 34.9 Å². The molecule has 0 radical (unpaired) electrons. The normalized spacial score (nSPS) is 11.2. The number of amides is 1. The molecule has 0 fully saturated rings. The van der Waals surface area contributed by atoms with E-state index < -0.39 is 0 Å². The minimum Gasteiger partial charge on any atom is -0.349 e. The van der Waals surface area contributed by atoms with Gasteiger partial charge in [0.25, 0.3) is 0 Å². The van der Waals surface area contributed by atoms with Gasteiger partial charge in [-0.25, -0.2) is 9.97 Å². The van der Waals surface area contributed by atoms with Gasteiger partial charge in [-0.3, -0.25) is 4.79 Å². The zero-order chi connectivity index (χ0) is 16.4. The average Bonchev–Trinajstić information content (AvgIpc) is 3.21. The first-order valence-electron chi connectivity index (χ1n) is 7.90. The monoisotopic (exact) mass is 319 g/mol. The third-order valence-corrected chi connectivity index (χ3v) is 4.00. The number of fused-ring (bicyclic) bond motifs is 2. The van der Waals surface area contributed by atoms with E-state index in [0.717, 1.165) is 27.9 Å². The molecule has 24 heavy (non-hydrogen) atoms. The molecule has 1 amide bonds. The second kappa shape index (κ2) is 6.16. The number of carbonyl (C=O) groups excluding carboxylic acids is 1. The Labute approximate surface area is 138 Å². The van der Waals surface area contributed by atoms with Crippen LogP contribution in [0, 0.1) is 0 Å². The third kappa shape index (κ3) is 2.86. The number of carbonyl (C=O) groups is 1. The maximum atomic E-state index is 12.1. The Morgan fingerprint density at radius 2 is 1.88 bits per heavy atom. The lowest BCUT2D eigenvalue weighted by Gasteiger charge is -2.05. The number of imidazole rings is 2. The van der Waals surface area contributed by atoms with E-state index in [0.29, 0.717) is 19.5 Å². The van der Waals surface area contributed by atoms with Crippen molar-refractivity contribution in [1.82, 2.24) is 24.8 Å². The van der Waals surface area contributed by atoms with Crippen molar-refractivity contribution in [3.05, 3.63) is 60.7 Å². The summed E-state index contributed by atoms with van der Waals surface area (Å²) in [7, 11) is 0. The molecular weight excluding hydrogens is 302 g/mol. The standard InChI is InChI=1S/C18H17N5O/c24-18(9-10-23-12-20-15-7-3-4-8-16(15)23)19-11-17-21-13-5-1-2-6-14(13)22-17/h1-8,12H,9-11H2,(H,19,24)(H,21,22). The molecule has 0 spiro atoms. The fraction of sp³-hybridized carbons (Fsp3) is 0.167. The molecule has 0 atom stereocenters. The molecule has 2 aromatic heterocycles. The minimum atomic E-state index is -0.00626. The minimum absolute atomic E-state index is 0.00626. The SMILES string of the molecule is O=C(CCn1cnc2ccccc21)NCc1nc2ccccc2[nH]1. The molecule has 0 bridgehead atoms. The largest absolute Gasteiger partial charge is 0.349 e. The van der Waals surface area contributed by atoms with E-state index in [2.05, 4.69) is 20.3 Å².